The van der Waals surface area contributed by atoms with E-state index in [2.05, 4.69) is 34.5 Å². The van der Waals surface area contributed by atoms with Crippen LogP contribution in [-0.2, 0) is 13.1 Å². The number of nitrogens with one attached hydrogen (secondary N) is 1. The molecule has 0 saturated carbocycles. The van der Waals surface area contributed by atoms with Crippen molar-refractivity contribution in [3.8, 4) is 11.5 Å². The Kier molecular flexibility index (Phi) is 7.76. The van der Waals surface area contributed by atoms with Gasteiger partial charge in [-0.2, -0.15) is 0 Å². The third kappa shape index (κ3) is 5.45. The molecule has 3 heterocycles. The van der Waals surface area contributed by atoms with Gasteiger partial charge in [-0.25, -0.2) is 0 Å². The minimum Gasteiger partial charge on any atom is -0.497 e. The Bertz CT molecular complexity index is 1740. The largest absolute Gasteiger partial charge is 0.497 e. The first kappa shape index (κ1) is 27.1. The van der Waals surface area contributed by atoms with Crippen LogP contribution in [0, 0.1) is 0 Å². The van der Waals surface area contributed by atoms with Gasteiger partial charge in [0, 0.05) is 31.1 Å². The fourth-order valence-corrected chi connectivity index (χ4v) is 6.89. The van der Waals surface area contributed by atoms with Gasteiger partial charge in [-0.1, -0.05) is 60.7 Å². The Balaban J connectivity index is 1.28. The molecule has 2 aromatic heterocycles. The molecule has 0 spiro atoms. The second kappa shape index (κ2) is 11.8. The molecular weight excluding hydrogens is 534 g/mol. The van der Waals surface area contributed by atoms with E-state index < -0.39 is 0 Å². The Hall–Kier alpha value is -4.14. The molecule has 1 N–H and O–H groups in total. The monoisotopic (exact) mass is 567 g/mol. The number of carbonyl (C=O) groups excluding carboxylic acids is 1. The van der Waals surface area contributed by atoms with Crippen molar-refractivity contribution in [2.24, 2.45) is 0 Å². The molecule has 1 fully saturated rings. The molecule has 0 unspecified atom stereocenters. The highest BCUT2D eigenvalue weighted by atomic mass is 32.1. The predicted octanol–water partition coefficient (Wildman–Crippen LogP) is 5.68. The van der Waals surface area contributed by atoms with Gasteiger partial charge in [-0.15, -0.1) is 11.3 Å². The van der Waals surface area contributed by atoms with E-state index in [9.17, 15) is 9.59 Å². The molecule has 7 nitrogen and oxygen atoms in total. The topological polar surface area (TPSA) is 72.8 Å². The first-order chi connectivity index (χ1) is 20.1. The fourth-order valence-electron chi connectivity index (χ4n) is 5.69. The van der Waals surface area contributed by atoms with Crippen molar-refractivity contribution < 1.29 is 14.3 Å². The molecule has 8 heteroatoms. The van der Waals surface area contributed by atoms with Crippen molar-refractivity contribution in [3.05, 3.63) is 105 Å². The van der Waals surface area contributed by atoms with Crippen molar-refractivity contribution in [1.29, 1.82) is 0 Å². The predicted molar refractivity (Wildman–Crippen MR) is 164 cm³/mol. The second-order valence-electron chi connectivity index (χ2n) is 10.4. The maximum atomic E-state index is 14.0. The third-order valence-electron chi connectivity index (χ3n) is 7.84. The average molecular weight is 568 g/mol. The molecule has 0 aliphatic carbocycles. The molecule has 6 rings (SSSR count). The third-order valence-corrected chi connectivity index (χ3v) is 9.05. The molecular formula is C33H33N3O4S. The molecule has 1 saturated heterocycles. The molecule has 1 amide bonds. The van der Waals surface area contributed by atoms with E-state index in [1.54, 1.807) is 11.7 Å². The minimum atomic E-state index is -0.185. The van der Waals surface area contributed by atoms with E-state index in [4.69, 9.17) is 9.47 Å². The molecule has 0 atom stereocenters. The summed E-state index contributed by atoms with van der Waals surface area (Å²) >= 11 is 1.33. The lowest BCUT2D eigenvalue weighted by atomic mass is 10.0. The number of aromatic nitrogens is 1. The van der Waals surface area contributed by atoms with Gasteiger partial charge in [0.15, 0.2) is 5.75 Å². The van der Waals surface area contributed by atoms with Crippen LogP contribution < -0.4 is 20.3 Å². The molecule has 210 valence electrons. The highest BCUT2D eigenvalue weighted by Gasteiger charge is 2.27. The lowest BCUT2D eigenvalue weighted by Crippen LogP contribution is -2.44. The Morgan fingerprint density at radius 1 is 0.878 bits per heavy atom. The number of piperidine rings is 1. The van der Waals surface area contributed by atoms with Crippen molar-refractivity contribution in [2.45, 2.75) is 32.0 Å². The number of hydrogen-bond acceptors (Lipinski definition) is 6. The summed E-state index contributed by atoms with van der Waals surface area (Å²) in [5.74, 6) is 0.927. The first-order valence-electron chi connectivity index (χ1n) is 13.9. The lowest BCUT2D eigenvalue weighted by Gasteiger charge is -2.32. The molecule has 41 heavy (non-hydrogen) atoms. The molecule has 5 aromatic rings. The maximum absolute atomic E-state index is 14.0. The summed E-state index contributed by atoms with van der Waals surface area (Å²) < 4.78 is 13.6. The normalized spacial score (nSPS) is 14.4. The number of rotatable bonds is 8. The Labute approximate surface area is 242 Å². The van der Waals surface area contributed by atoms with Crippen molar-refractivity contribution in [3.63, 3.8) is 0 Å². The van der Waals surface area contributed by atoms with Crippen molar-refractivity contribution in [1.82, 2.24) is 14.8 Å². The summed E-state index contributed by atoms with van der Waals surface area (Å²) in [7, 11) is 3.16. The zero-order chi connectivity index (χ0) is 28.3. The number of amides is 1. The van der Waals surface area contributed by atoms with E-state index in [1.807, 2.05) is 54.6 Å². The zero-order valence-corrected chi connectivity index (χ0v) is 24.1. The minimum absolute atomic E-state index is 0.0768. The van der Waals surface area contributed by atoms with Gasteiger partial charge in [0.25, 0.3) is 11.5 Å². The number of carbonyl (C=O) groups is 1. The summed E-state index contributed by atoms with van der Waals surface area (Å²) in [5, 5.41) is 4.61. The van der Waals surface area contributed by atoms with E-state index in [-0.39, 0.29) is 17.5 Å². The van der Waals surface area contributed by atoms with Crippen LogP contribution >= 0.6 is 11.3 Å². The summed E-state index contributed by atoms with van der Waals surface area (Å²) in [5.41, 5.74) is 2.93. The van der Waals surface area contributed by atoms with E-state index >= 15 is 0 Å². The molecule has 0 bridgehead atoms. The second-order valence-corrected chi connectivity index (χ2v) is 11.5. The van der Waals surface area contributed by atoms with E-state index in [1.165, 1.54) is 24.0 Å². The number of pyridine rings is 1. The fraction of sp³-hybridized carbons (Fsp3) is 0.273. The highest BCUT2D eigenvalue weighted by molar-refractivity contribution is 7.22. The Morgan fingerprint density at radius 3 is 2.27 bits per heavy atom. The highest BCUT2D eigenvalue weighted by Crippen LogP contribution is 2.39. The average Bonchev–Trinajstić information content (AvgIpc) is 3.41. The van der Waals surface area contributed by atoms with Crippen LogP contribution in [0.5, 0.6) is 11.5 Å². The number of thiophene rings is 1. The van der Waals surface area contributed by atoms with Gasteiger partial charge < -0.3 is 19.4 Å². The number of likely N-dealkylation sites (tertiary alicyclic amines) is 1. The number of nitrogens with zero attached hydrogens (tertiary/aromatic N) is 2. The molecule has 0 radical (unpaired) electrons. The van der Waals surface area contributed by atoms with Crippen LogP contribution in [0.25, 0.3) is 21.0 Å². The first-order valence-corrected chi connectivity index (χ1v) is 14.7. The summed E-state index contributed by atoms with van der Waals surface area (Å²) in [6, 6.07) is 26.1. The maximum Gasteiger partial charge on any atom is 0.265 e. The number of fused-ring (bicyclic) bond motifs is 3. The van der Waals surface area contributed by atoms with Crippen LogP contribution in [0.4, 0.5) is 0 Å². The Morgan fingerprint density at radius 2 is 1.56 bits per heavy atom. The summed E-state index contributed by atoms with van der Waals surface area (Å²) in [6.45, 7) is 3.15. The van der Waals surface area contributed by atoms with Crippen LogP contribution in [0.3, 0.4) is 0 Å². The number of benzene rings is 3. The lowest BCUT2D eigenvalue weighted by molar-refractivity contribution is 0.0910. The van der Waals surface area contributed by atoms with Gasteiger partial charge in [0.2, 0.25) is 0 Å². The van der Waals surface area contributed by atoms with Crippen LogP contribution in [0.15, 0.2) is 83.7 Å². The quantitative estimate of drug-likeness (QED) is 0.261. The molecule has 1 aliphatic heterocycles. The smallest absolute Gasteiger partial charge is 0.265 e. The number of methoxy groups -OCH3 is 2. The van der Waals surface area contributed by atoms with Crippen molar-refractivity contribution >= 4 is 38.2 Å². The SMILES string of the molecule is COc1ccc(Cn2c(=O)c3c(OC)c(C(=O)NC4CCN(Cc5ccccc5)CC4)sc3c3ccccc32)cc1. The summed E-state index contributed by atoms with van der Waals surface area (Å²) in [6.07, 6.45) is 1.76. The van der Waals surface area contributed by atoms with Gasteiger partial charge in [0.1, 0.15) is 16.0 Å². The van der Waals surface area contributed by atoms with E-state index in [0.717, 1.165) is 59.4 Å². The van der Waals surface area contributed by atoms with E-state index in [0.29, 0.717) is 22.6 Å². The van der Waals surface area contributed by atoms with Gasteiger partial charge in [-0.05, 0) is 42.2 Å². The standard InChI is InChI=1S/C33H33N3O4S/c1-39-25-14-12-23(13-15-25)21-36-27-11-7-6-10-26(27)30-28(33(36)38)29(40-2)31(41-30)32(37)34-24-16-18-35(19-17-24)20-22-8-4-3-5-9-22/h3-15,24H,16-21H2,1-2H3,(H,34,37). The van der Waals surface area contributed by atoms with Gasteiger partial charge >= 0.3 is 0 Å². The number of ether oxygens (including phenoxy) is 2. The van der Waals surface area contributed by atoms with Crippen molar-refractivity contribution in [2.75, 3.05) is 27.3 Å². The van der Waals surface area contributed by atoms with Crippen LogP contribution in [0.2, 0.25) is 0 Å². The number of hydrogen-bond donors (Lipinski definition) is 1. The zero-order valence-electron chi connectivity index (χ0n) is 23.3. The molecule has 3 aromatic carbocycles. The van der Waals surface area contributed by atoms with Crippen LogP contribution in [0.1, 0.15) is 33.6 Å². The van der Waals surface area contributed by atoms with Gasteiger partial charge in [0.05, 0.1) is 31.0 Å². The van der Waals surface area contributed by atoms with Crippen LogP contribution in [-0.4, -0.2) is 48.7 Å². The molecule has 1 aliphatic rings. The summed E-state index contributed by atoms with van der Waals surface area (Å²) in [4.78, 5) is 30.5. The number of para-hydroxylation sites is 1. The van der Waals surface area contributed by atoms with Gasteiger partial charge in [-0.3, -0.25) is 14.5 Å².